The molecule has 0 spiro atoms. The summed E-state index contributed by atoms with van der Waals surface area (Å²) in [5.74, 6) is 1.17. The molecule has 0 unspecified atom stereocenters. The van der Waals surface area contributed by atoms with Crippen LogP contribution in [0.25, 0.3) is 22.3 Å². The molecule has 2 aromatic carbocycles. The summed E-state index contributed by atoms with van der Waals surface area (Å²) in [4.78, 5) is 23.7. The van der Waals surface area contributed by atoms with Gasteiger partial charge in [0.2, 0.25) is 5.91 Å². The highest BCUT2D eigenvalue weighted by Crippen LogP contribution is 2.32. The largest absolute Gasteiger partial charge is 0.507 e. The summed E-state index contributed by atoms with van der Waals surface area (Å²) in [7, 11) is 0. The number of nitrogens with one attached hydrogen (secondary N) is 1. The van der Waals surface area contributed by atoms with Crippen LogP contribution < -0.4 is 10.2 Å². The Morgan fingerprint density at radius 2 is 1.87 bits per heavy atom. The van der Waals surface area contributed by atoms with Gasteiger partial charge in [-0.25, -0.2) is 9.97 Å². The molecule has 7 nitrogen and oxygen atoms in total. The Morgan fingerprint density at radius 3 is 2.60 bits per heavy atom. The summed E-state index contributed by atoms with van der Waals surface area (Å²) in [6.45, 7) is 3.25. The zero-order chi connectivity index (χ0) is 21.1. The number of benzene rings is 2. The number of hydrogen-bond donors (Lipinski definition) is 3. The standard InChI is InChI=1S/C23H26N4O3.H2/c1-2-19(28)23(30)24-15-11-13-27(14-12-15)22-16-7-3-5-9-18(16)25-21(26-22)17-8-4-6-10-20(17)29;/h3-10,15,19,28-29H,2,11-14H2,1H3,(H,24,30);1H/t19-;/m1./s1. The summed E-state index contributed by atoms with van der Waals surface area (Å²) in [6, 6.07) is 15.0. The Morgan fingerprint density at radius 1 is 1.17 bits per heavy atom. The van der Waals surface area contributed by atoms with E-state index in [2.05, 4.69) is 15.2 Å². The zero-order valence-corrected chi connectivity index (χ0v) is 17.0. The number of fused-ring (bicyclic) bond motifs is 1. The molecule has 0 saturated carbocycles. The third-order valence-corrected chi connectivity index (χ3v) is 5.56. The van der Waals surface area contributed by atoms with E-state index in [0.717, 1.165) is 42.7 Å². The Balaban J connectivity index is 0.00000272. The van der Waals surface area contributed by atoms with Gasteiger partial charge in [-0.3, -0.25) is 4.79 Å². The van der Waals surface area contributed by atoms with Gasteiger partial charge in [0.05, 0.1) is 11.1 Å². The number of para-hydroxylation sites is 2. The van der Waals surface area contributed by atoms with Crippen LogP contribution in [0, 0.1) is 0 Å². The third-order valence-electron chi connectivity index (χ3n) is 5.56. The van der Waals surface area contributed by atoms with E-state index in [9.17, 15) is 15.0 Å². The lowest BCUT2D eigenvalue weighted by molar-refractivity contribution is -0.130. The van der Waals surface area contributed by atoms with E-state index in [1.54, 1.807) is 19.1 Å². The molecule has 3 N–H and O–H groups in total. The van der Waals surface area contributed by atoms with Crippen molar-refractivity contribution in [3.05, 3.63) is 48.5 Å². The van der Waals surface area contributed by atoms with Crippen LogP contribution in [0.2, 0.25) is 0 Å². The first kappa shape index (κ1) is 20.1. The normalized spacial score (nSPS) is 15.9. The molecule has 1 fully saturated rings. The third kappa shape index (κ3) is 4.07. The van der Waals surface area contributed by atoms with Gasteiger partial charge < -0.3 is 20.4 Å². The smallest absolute Gasteiger partial charge is 0.249 e. The van der Waals surface area contributed by atoms with Gasteiger partial charge in [0.25, 0.3) is 0 Å². The van der Waals surface area contributed by atoms with Crippen LogP contribution in [0.15, 0.2) is 48.5 Å². The van der Waals surface area contributed by atoms with Crippen molar-refractivity contribution in [2.75, 3.05) is 18.0 Å². The molecular weight excluding hydrogens is 380 g/mol. The van der Waals surface area contributed by atoms with Crippen molar-refractivity contribution in [1.82, 2.24) is 15.3 Å². The van der Waals surface area contributed by atoms with Crippen molar-refractivity contribution in [2.24, 2.45) is 0 Å². The summed E-state index contributed by atoms with van der Waals surface area (Å²) in [6.07, 6.45) is 1.00. The van der Waals surface area contributed by atoms with Crippen LogP contribution in [0.5, 0.6) is 5.75 Å². The highest BCUT2D eigenvalue weighted by molar-refractivity contribution is 5.91. The molecule has 3 aromatic rings. The second kappa shape index (κ2) is 8.67. The molecule has 1 aliphatic heterocycles. The van der Waals surface area contributed by atoms with E-state index in [1.165, 1.54) is 0 Å². The second-order valence-electron chi connectivity index (χ2n) is 7.60. The fourth-order valence-corrected chi connectivity index (χ4v) is 3.80. The van der Waals surface area contributed by atoms with Crippen LogP contribution in [0.1, 0.15) is 27.6 Å². The van der Waals surface area contributed by atoms with Gasteiger partial charge in [-0.05, 0) is 43.5 Å². The Hall–Kier alpha value is -3.19. The van der Waals surface area contributed by atoms with Gasteiger partial charge in [-0.1, -0.05) is 31.2 Å². The number of aliphatic hydroxyl groups is 1. The lowest BCUT2D eigenvalue weighted by Crippen LogP contribution is -2.47. The Bertz CT molecular complexity index is 1050. The number of amides is 1. The van der Waals surface area contributed by atoms with Crippen LogP contribution in [0.4, 0.5) is 5.82 Å². The maximum absolute atomic E-state index is 12.0. The maximum Gasteiger partial charge on any atom is 0.249 e. The fourth-order valence-electron chi connectivity index (χ4n) is 3.80. The lowest BCUT2D eigenvalue weighted by atomic mass is 10.0. The van der Waals surface area contributed by atoms with Gasteiger partial charge >= 0.3 is 0 Å². The second-order valence-corrected chi connectivity index (χ2v) is 7.60. The molecule has 1 aliphatic rings. The van der Waals surface area contributed by atoms with E-state index < -0.39 is 6.10 Å². The number of aliphatic hydroxyl groups excluding tert-OH is 1. The highest BCUT2D eigenvalue weighted by Gasteiger charge is 2.25. The van der Waals surface area contributed by atoms with Crippen molar-refractivity contribution in [1.29, 1.82) is 0 Å². The van der Waals surface area contributed by atoms with E-state index >= 15 is 0 Å². The fraction of sp³-hybridized carbons (Fsp3) is 0.348. The van der Waals surface area contributed by atoms with Gasteiger partial charge in [0.1, 0.15) is 17.7 Å². The highest BCUT2D eigenvalue weighted by atomic mass is 16.3. The monoisotopic (exact) mass is 408 g/mol. The molecule has 30 heavy (non-hydrogen) atoms. The van der Waals surface area contributed by atoms with Crippen LogP contribution >= 0.6 is 0 Å². The van der Waals surface area contributed by atoms with Crippen LogP contribution in [-0.4, -0.2) is 51.3 Å². The predicted octanol–water partition coefficient (Wildman–Crippen LogP) is 3.10. The van der Waals surface area contributed by atoms with E-state index in [-0.39, 0.29) is 19.1 Å². The molecule has 0 radical (unpaired) electrons. The number of rotatable bonds is 5. The van der Waals surface area contributed by atoms with E-state index in [0.29, 0.717) is 17.8 Å². The number of carbonyl (C=O) groups is 1. The zero-order valence-electron chi connectivity index (χ0n) is 17.0. The number of carbonyl (C=O) groups excluding carboxylic acids is 1. The van der Waals surface area contributed by atoms with Gasteiger partial charge in [-0.15, -0.1) is 0 Å². The van der Waals surface area contributed by atoms with Crippen molar-refractivity contribution >= 4 is 22.6 Å². The topological polar surface area (TPSA) is 98.6 Å². The first-order valence-corrected chi connectivity index (χ1v) is 10.4. The summed E-state index contributed by atoms with van der Waals surface area (Å²) < 4.78 is 0. The van der Waals surface area contributed by atoms with Crippen LogP contribution in [-0.2, 0) is 4.79 Å². The van der Waals surface area contributed by atoms with Gasteiger partial charge in [-0.2, -0.15) is 0 Å². The minimum atomic E-state index is -0.949. The molecule has 1 amide bonds. The number of phenols is 1. The lowest BCUT2D eigenvalue weighted by Gasteiger charge is -2.34. The number of phenolic OH excluding ortho intramolecular Hbond substituents is 1. The maximum atomic E-state index is 12.0. The van der Waals surface area contributed by atoms with Crippen molar-refractivity contribution in [2.45, 2.75) is 38.3 Å². The average molecular weight is 409 g/mol. The van der Waals surface area contributed by atoms with Gasteiger partial charge in [0, 0.05) is 25.9 Å². The molecule has 1 atom stereocenters. The average Bonchev–Trinajstić information content (AvgIpc) is 2.78. The summed E-state index contributed by atoms with van der Waals surface area (Å²) in [5, 5.41) is 23.9. The molecule has 158 valence electrons. The van der Waals surface area contributed by atoms with Crippen molar-refractivity contribution in [3.8, 4) is 17.1 Å². The number of aromatic nitrogens is 2. The molecule has 2 heterocycles. The summed E-state index contributed by atoms with van der Waals surface area (Å²) >= 11 is 0. The molecule has 0 bridgehead atoms. The first-order chi connectivity index (χ1) is 14.6. The SMILES string of the molecule is CC[C@@H](O)C(=O)NC1CCN(c2nc(-c3ccccc3O)nc3ccccc23)CC1.[HH]. The predicted molar refractivity (Wildman–Crippen MR) is 118 cm³/mol. The number of aromatic hydroxyl groups is 1. The first-order valence-electron chi connectivity index (χ1n) is 10.4. The van der Waals surface area contributed by atoms with Crippen molar-refractivity contribution < 1.29 is 16.4 Å². The van der Waals surface area contributed by atoms with Gasteiger partial charge in [0.15, 0.2) is 5.82 Å². The number of piperidine rings is 1. The number of nitrogens with zero attached hydrogens (tertiary/aromatic N) is 3. The minimum absolute atomic E-state index is 0. The Labute approximate surface area is 176 Å². The Kier molecular flexibility index (Phi) is 5.81. The number of hydrogen-bond acceptors (Lipinski definition) is 6. The minimum Gasteiger partial charge on any atom is -0.507 e. The molecule has 0 aliphatic carbocycles. The molecule has 7 heteroatoms. The van der Waals surface area contributed by atoms with E-state index in [4.69, 9.17) is 4.98 Å². The number of anilines is 1. The summed E-state index contributed by atoms with van der Waals surface area (Å²) in [5.41, 5.74) is 1.42. The van der Waals surface area contributed by atoms with Crippen LogP contribution in [0.3, 0.4) is 0 Å². The quantitative estimate of drug-likeness (QED) is 0.600. The van der Waals surface area contributed by atoms with Crippen molar-refractivity contribution in [3.63, 3.8) is 0 Å². The molecular formula is C23H28N4O3. The molecule has 1 aromatic heterocycles. The molecule has 1 saturated heterocycles. The molecule has 4 rings (SSSR count). The van der Waals surface area contributed by atoms with E-state index in [1.807, 2.05) is 36.4 Å².